The predicted molar refractivity (Wildman–Crippen MR) is 63.7 cm³/mol. The fourth-order valence-corrected chi connectivity index (χ4v) is 2.33. The fourth-order valence-electron chi connectivity index (χ4n) is 2.33. The van der Waals surface area contributed by atoms with Gasteiger partial charge in [0.25, 0.3) is 0 Å². The lowest BCUT2D eigenvalue weighted by molar-refractivity contribution is 0.195. The van der Waals surface area contributed by atoms with Gasteiger partial charge in [-0.2, -0.15) is 0 Å². The molecule has 5 heteroatoms. The van der Waals surface area contributed by atoms with Crippen LogP contribution in [0.2, 0.25) is 0 Å². The molecule has 1 heterocycles. The van der Waals surface area contributed by atoms with E-state index in [4.69, 9.17) is 0 Å². The quantitative estimate of drug-likeness (QED) is 0.837. The Balaban J connectivity index is 2.04. The molecule has 1 aliphatic rings. The molecule has 0 aromatic heterocycles. The highest BCUT2D eigenvalue weighted by Gasteiger charge is 2.19. The zero-order chi connectivity index (χ0) is 13.1. The van der Waals surface area contributed by atoms with Crippen LogP contribution in [0, 0.1) is 17.5 Å². The van der Waals surface area contributed by atoms with Gasteiger partial charge in [-0.3, -0.25) is 4.90 Å². The summed E-state index contributed by atoms with van der Waals surface area (Å²) >= 11 is 0. The number of nitrogens with zero attached hydrogens (tertiary/aromatic N) is 1. The van der Waals surface area contributed by atoms with E-state index in [0.717, 1.165) is 38.1 Å². The molecular weight excluding hydrogens is 241 g/mol. The van der Waals surface area contributed by atoms with E-state index in [9.17, 15) is 13.2 Å². The predicted octanol–water partition coefficient (Wildman–Crippen LogP) is 2.29. The highest BCUT2D eigenvalue weighted by Crippen LogP contribution is 2.17. The third-order valence-corrected chi connectivity index (χ3v) is 3.37. The van der Waals surface area contributed by atoms with Gasteiger partial charge in [-0.15, -0.1) is 0 Å². The summed E-state index contributed by atoms with van der Waals surface area (Å²) in [5, 5.41) is 3.28. The average molecular weight is 258 g/mol. The SMILES string of the molecule is CN(Cc1cc(F)c(F)c(F)c1)C1CCCNC1. The van der Waals surface area contributed by atoms with Crippen LogP contribution in [0.25, 0.3) is 0 Å². The number of hydrogen-bond donors (Lipinski definition) is 1. The van der Waals surface area contributed by atoms with Crippen LogP contribution in [0.1, 0.15) is 18.4 Å². The lowest BCUT2D eigenvalue weighted by atomic mass is 10.1. The lowest BCUT2D eigenvalue weighted by Crippen LogP contribution is -2.43. The van der Waals surface area contributed by atoms with E-state index < -0.39 is 17.5 Å². The number of halogens is 3. The molecular formula is C13H17F3N2. The van der Waals surface area contributed by atoms with Gasteiger partial charge >= 0.3 is 0 Å². The Morgan fingerprint density at radius 1 is 1.28 bits per heavy atom. The van der Waals surface area contributed by atoms with Crippen LogP contribution in [-0.4, -0.2) is 31.1 Å². The Bertz CT molecular complexity index is 394. The molecule has 1 aromatic carbocycles. The van der Waals surface area contributed by atoms with E-state index >= 15 is 0 Å². The number of nitrogens with one attached hydrogen (secondary N) is 1. The number of hydrogen-bond acceptors (Lipinski definition) is 2. The molecule has 0 bridgehead atoms. The molecule has 0 amide bonds. The summed E-state index contributed by atoms with van der Waals surface area (Å²) in [5.41, 5.74) is 0.458. The fraction of sp³-hybridized carbons (Fsp3) is 0.538. The minimum Gasteiger partial charge on any atom is -0.315 e. The maximum absolute atomic E-state index is 13.1. The van der Waals surface area contributed by atoms with Crippen LogP contribution in [0.5, 0.6) is 0 Å². The zero-order valence-electron chi connectivity index (χ0n) is 10.3. The molecule has 2 rings (SSSR count). The summed E-state index contributed by atoms with van der Waals surface area (Å²) in [5.74, 6) is -3.65. The standard InChI is InChI=1S/C13H17F3N2/c1-18(10-3-2-4-17-7-10)8-9-5-11(14)13(16)12(15)6-9/h5-6,10,17H,2-4,7-8H2,1H3. The van der Waals surface area contributed by atoms with Crippen molar-refractivity contribution >= 4 is 0 Å². The topological polar surface area (TPSA) is 15.3 Å². The Morgan fingerprint density at radius 2 is 1.94 bits per heavy atom. The molecule has 0 spiro atoms. The van der Waals surface area contributed by atoms with Crippen molar-refractivity contribution in [3.8, 4) is 0 Å². The molecule has 1 unspecified atom stereocenters. The van der Waals surface area contributed by atoms with Crippen molar-refractivity contribution in [3.63, 3.8) is 0 Å². The number of piperidine rings is 1. The zero-order valence-corrected chi connectivity index (χ0v) is 10.3. The molecule has 1 atom stereocenters. The monoisotopic (exact) mass is 258 g/mol. The number of likely N-dealkylation sites (N-methyl/N-ethyl adjacent to an activating group) is 1. The van der Waals surface area contributed by atoms with E-state index in [1.54, 1.807) is 0 Å². The second-order valence-corrected chi connectivity index (χ2v) is 4.79. The molecule has 1 saturated heterocycles. The second-order valence-electron chi connectivity index (χ2n) is 4.79. The minimum atomic E-state index is -1.40. The van der Waals surface area contributed by atoms with E-state index in [-0.39, 0.29) is 0 Å². The van der Waals surface area contributed by atoms with Crippen molar-refractivity contribution in [3.05, 3.63) is 35.1 Å². The maximum atomic E-state index is 13.1. The molecule has 18 heavy (non-hydrogen) atoms. The summed E-state index contributed by atoms with van der Waals surface area (Å²) < 4.78 is 39.0. The van der Waals surface area contributed by atoms with Gasteiger partial charge in [-0.25, -0.2) is 13.2 Å². The Kier molecular flexibility index (Phi) is 4.24. The maximum Gasteiger partial charge on any atom is 0.194 e. The molecule has 2 nitrogen and oxygen atoms in total. The van der Waals surface area contributed by atoms with Crippen molar-refractivity contribution < 1.29 is 13.2 Å². The summed E-state index contributed by atoms with van der Waals surface area (Å²) in [7, 11) is 1.91. The smallest absolute Gasteiger partial charge is 0.194 e. The third kappa shape index (κ3) is 3.03. The van der Waals surface area contributed by atoms with Gasteiger partial charge in [-0.05, 0) is 44.1 Å². The lowest BCUT2D eigenvalue weighted by Gasteiger charge is -2.31. The van der Waals surface area contributed by atoms with E-state index in [0.29, 0.717) is 18.2 Å². The highest BCUT2D eigenvalue weighted by atomic mass is 19.2. The van der Waals surface area contributed by atoms with Crippen LogP contribution < -0.4 is 5.32 Å². The largest absolute Gasteiger partial charge is 0.315 e. The third-order valence-electron chi connectivity index (χ3n) is 3.37. The van der Waals surface area contributed by atoms with Crippen LogP contribution in [0.4, 0.5) is 13.2 Å². The highest BCUT2D eigenvalue weighted by molar-refractivity contribution is 5.19. The molecule has 1 fully saturated rings. The van der Waals surface area contributed by atoms with Gasteiger partial charge in [0.05, 0.1) is 0 Å². The van der Waals surface area contributed by atoms with Crippen molar-refractivity contribution in [1.29, 1.82) is 0 Å². The molecule has 100 valence electrons. The summed E-state index contributed by atoms with van der Waals surface area (Å²) in [4.78, 5) is 2.04. The van der Waals surface area contributed by atoms with Crippen LogP contribution in [0.15, 0.2) is 12.1 Å². The van der Waals surface area contributed by atoms with E-state index in [1.165, 1.54) is 0 Å². The first kappa shape index (κ1) is 13.4. The van der Waals surface area contributed by atoms with Gasteiger partial charge in [0, 0.05) is 19.1 Å². The molecule has 1 aliphatic heterocycles. The van der Waals surface area contributed by atoms with Crippen LogP contribution >= 0.6 is 0 Å². The molecule has 1 N–H and O–H groups in total. The minimum absolute atomic E-state index is 0.356. The van der Waals surface area contributed by atoms with E-state index in [1.807, 2.05) is 11.9 Å². The van der Waals surface area contributed by atoms with Crippen LogP contribution in [-0.2, 0) is 6.54 Å². The van der Waals surface area contributed by atoms with Crippen molar-refractivity contribution in [2.24, 2.45) is 0 Å². The first-order valence-electron chi connectivity index (χ1n) is 6.12. The average Bonchev–Trinajstić information content (AvgIpc) is 2.37. The van der Waals surface area contributed by atoms with Crippen molar-refractivity contribution in [2.75, 3.05) is 20.1 Å². The Labute approximate surface area is 105 Å². The van der Waals surface area contributed by atoms with Gasteiger partial charge in [-0.1, -0.05) is 0 Å². The normalized spacial score (nSPS) is 20.4. The summed E-state index contributed by atoms with van der Waals surface area (Å²) in [6.45, 7) is 2.31. The van der Waals surface area contributed by atoms with Gasteiger partial charge in [0.15, 0.2) is 17.5 Å². The van der Waals surface area contributed by atoms with Gasteiger partial charge in [0.2, 0.25) is 0 Å². The van der Waals surface area contributed by atoms with Crippen LogP contribution in [0.3, 0.4) is 0 Å². The van der Waals surface area contributed by atoms with Gasteiger partial charge in [0.1, 0.15) is 0 Å². The first-order valence-corrected chi connectivity index (χ1v) is 6.12. The van der Waals surface area contributed by atoms with Crippen molar-refractivity contribution in [2.45, 2.75) is 25.4 Å². The Morgan fingerprint density at radius 3 is 2.50 bits per heavy atom. The molecule has 0 saturated carbocycles. The second kappa shape index (κ2) is 5.71. The molecule has 0 aliphatic carbocycles. The van der Waals surface area contributed by atoms with E-state index in [2.05, 4.69) is 5.32 Å². The van der Waals surface area contributed by atoms with Crippen molar-refractivity contribution in [1.82, 2.24) is 10.2 Å². The summed E-state index contributed by atoms with van der Waals surface area (Å²) in [6.07, 6.45) is 2.16. The Hall–Kier alpha value is -1.07. The first-order chi connectivity index (χ1) is 8.58. The number of benzene rings is 1. The summed E-state index contributed by atoms with van der Waals surface area (Å²) in [6, 6.07) is 2.48. The van der Waals surface area contributed by atoms with Gasteiger partial charge < -0.3 is 5.32 Å². The molecule has 1 aromatic rings. The molecule has 0 radical (unpaired) electrons. The number of rotatable bonds is 3.